The number of H-pyrrole nitrogens is 1. The number of alkyl halides is 1. The van der Waals surface area contributed by atoms with E-state index in [-0.39, 0.29) is 5.91 Å². The zero-order chi connectivity index (χ0) is 20.1. The summed E-state index contributed by atoms with van der Waals surface area (Å²) >= 11 is 4.41. The third-order valence-corrected chi connectivity index (χ3v) is 7.14. The lowest BCUT2D eigenvalue weighted by atomic mass is 9.93. The number of hydrogen-bond acceptors (Lipinski definition) is 3. The highest BCUT2D eigenvalue weighted by Crippen LogP contribution is 2.33. The van der Waals surface area contributed by atoms with Crippen LogP contribution in [0.4, 0.5) is 0 Å². The zero-order valence-electron chi connectivity index (χ0n) is 16.7. The van der Waals surface area contributed by atoms with Gasteiger partial charge in [0.05, 0.1) is 10.8 Å². The van der Waals surface area contributed by atoms with E-state index in [2.05, 4.69) is 44.3 Å². The van der Waals surface area contributed by atoms with Crippen LogP contribution in [0.5, 0.6) is 5.75 Å². The van der Waals surface area contributed by atoms with E-state index in [1.165, 1.54) is 27.7 Å². The summed E-state index contributed by atoms with van der Waals surface area (Å²) in [5, 5.41) is 16.4. The molecule has 7 heteroatoms. The van der Waals surface area contributed by atoms with Gasteiger partial charge in [-0.15, -0.1) is 0 Å². The Kier molecular flexibility index (Phi) is 7.71. The van der Waals surface area contributed by atoms with E-state index >= 15 is 0 Å². The number of benzene rings is 1. The summed E-state index contributed by atoms with van der Waals surface area (Å²) in [4.78, 5) is 17.3. The fourth-order valence-corrected chi connectivity index (χ4v) is 5.15. The summed E-state index contributed by atoms with van der Waals surface area (Å²) in [5.74, 6) is 1.11. The molecule has 1 fully saturated rings. The SMILES string of the molecule is CCc1c([SH+]C)[nH]c2c(CN3CCC(CCNC(=O)CBr)CC3)c(O)ccc12. The monoisotopic (exact) mass is 468 g/mol. The molecule has 2 aromatic rings. The van der Waals surface area contributed by atoms with Crippen molar-refractivity contribution in [1.82, 2.24) is 15.2 Å². The lowest BCUT2D eigenvalue weighted by molar-refractivity contribution is -0.118. The van der Waals surface area contributed by atoms with Crippen LogP contribution in [0.3, 0.4) is 0 Å². The van der Waals surface area contributed by atoms with Gasteiger partial charge in [0.25, 0.3) is 0 Å². The number of aromatic hydroxyl groups is 1. The van der Waals surface area contributed by atoms with Crippen molar-refractivity contribution in [2.45, 2.75) is 44.2 Å². The van der Waals surface area contributed by atoms with E-state index in [0.29, 0.717) is 17.0 Å². The van der Waals surface area contributed by atoms with E-state index in [9.17, 15) is 9.90 Å². The average Bonchev–Trinajstić information content (AvgIpc) is 3.09. The van der Waals surface area contributed by atoms with Crippen molar-refractivity contribution in [2.24, 2.45) is 5.92 Å². The van der Waals surface area contributed by atoms with Gasteiger partial charge in [0.1, 0.15) is 12.0 Å². The van der Waals surface area contributed by atoms with Gasteiger partial charge in [0.2, 0.25) is 10.9 Å². The number of aromatic nitrogens is 1. The lowest BCUT2D eigenvalue weighted by Gasteiger charge is -2.32. The Morgan fingerprint density at radius 1 is 1.36 bits per heavy atom. The highest BCUT2D eigenvalue weighted by Gasteiger charge is 2.23. The average molecular weight is 469 g/mol. The van der Waals surface area contributed by atoms with Crippen LogP contribution in [-0.2, 0) is 29.5 Å². The molecule has 1 saturated heterocycles. The summed E-state index contributed by atoms with van der Waals surface area (Å²) < 4.78 is 0. The molecular formula is C21H31BrN3O2S+. The number of phenolic OH excluding ortho intramolecular Hbond substituents is 1. The second kappa shape index (κ2) is 10.0. The third kappa shape index (κ3) is 4.86. The Balaban J connectivity index is 1.63. The van der Waals surface area contributed by atoms with Crippen LogP contribution >= 0.6 is 15.9 Å². The molecule has 1 aromatic heterocycles. The van der Waals surface area contributed by atoms with Crippen LogP contribution in [0.15, 0.2) is 17.2 Å². The first-order chi connectivity index (χ1) is 13.6. The number of carbonyl (C=O) groups is 1. The van der Waals surface area contributed by atoms with Crippen molar-refractivity contribution >= 4 is 44.5 Å². The second-order valence-electron chi connectivity index (χ2n) is 7.51. The van der Waals surface area contributed by atoms with Gasteiger partial charge in [-0.25, -0.2) is 0 Å². The number of hydrogen-bond donors (Lipinski definition) is 3. The number of carbonyl (C=O) groups excluding carboxylic acids is 1. The highest BCUT2D eigenvalue weighted by molar-refractivity contribution is 9.09. The molecule has 154 valence electrons. The maximum Gasteiger partial charge on any atom is 0.230 e. The topological polar surface area (TPSA) is 68.4 Å². The van der Waals surface area contributed by atoms with Crippen LogP contribution in [0.1, 0.15) is 37.3 Å². The summed E-state index contributed by atoms with van der Waals surface area (Å²) in [6.45, 7) is 5.80. The minimum atomic E-state index is 0.0595. The molecule has 3 rings (SSSR count). The van der Waals surface area contributed by atoms with E-state index in [0.717, 1.165) is 62.9 Å². The molecule has 1 aromatic carbocycles. The summed E-state index contributed by atoms with van der Waals surface area (Å²) in [6, 6.07) is 3.89. The van der Waals surface area contributed by atoms with Gasteiger partial charge in [-0.2, -0.15) is 0 Å². The van der Waals surface area contributed by atoms with Gasteiger partial charge >= 0.3 is 0 Å². The molecule has 0 aliphatic carbocycles. The summed E-state index contributed by atoms with van der Waals surface area (Å²) in [6.07, 6.45) is 6.48. The van der Waals surface area contributed by atoms with Crippen LogP contribution in [-0.4, -0.2) is 52.1 Å². The zero-order valence-corrected chi connectivity index (χ0v) is 19.2. The summed E-state index contributed by atoms with van der Waals surface area (Å²) in [5.41, 5.74) is 3.48. The molecule has 1 aliphatic rings. The second-order valence-corrected chi connectivity index (χ2v) is 8.96. The molecule has 0 radical (unpaired) electrons. The van der Waals surface area contributed by atoms with Gasteiger partial charge in [0.15, 0.2) is 0 Å². The predicted octanol–water partition coefficient (Wildman–Crippen LogP) is 3.35. The molecule has 28 heavy (non-hydrogen) atoms. The number of nitrogens with zero attached hydrogens (tertiary/aromatic N) is 1. The van der Waals surface area contributed by atoms with E-state index < -0.39 is 0 Å². The molecule has 3 N–H and O–H groups in total. The van der Waals surface area contributed by atoms with Gasteiger partial charge in [-0.1, -0.05) is 22.9 Å². The minimum Gasteiger partial charge on any atom is -0.508 e. The van der Waals surface area contributed by atoms with E-state index in [1.807, 2.05) is 12.1 Å². The normalized spacial score (nSPS) is 16.0. The number of nitrogens with one attached hydrogen (secondary N) is 2. The molecule has 1 aliphatic heterocycles. The number of likely N-dealkylation sites (tertiary alicyclic amines) is 1. The molecule has 0 saturated carbocycles. The summed E-state index contributed by atoms with van der Waals surface area (Å²) in [7, 11) is 0. The Morgan fingerprint density at radius 2 is 2.11 bits per heavy atom. The van der Waals surface area contributed by atoms with Gasteiger partial charge in [0, 0.05) is 41.4 Å². The standard InChI is InChI=1S/C21H30BrN3O2S/c1-3-15-16-4-5-18(26)17(20(16)24-21(15)28-2)13-25-10-7-14(8-11-25)6-9-23-19(27)12-22/h4-5,14,24,26H,3,6-13H2,1-2H3,(H,23,27)/p+1. The molecule has 0 unspecified atom stereocenters. The van der Waals surface area contributed by atoms with Crippen molar-refractivity contribution in [3.05, 3.63) is 23.3 Å². The highest BCUT2D eigenvalue weighted by atomic mass is 79.9. The number of thiol groups is 1. The van der Waals surface area contributed by atoms with Crippen molar-refractivity contribution in [2.75, 3.05) is 31.2 Å². The van der Waals surface area contributed by atoms with Crippen molar-refractivity contribution < 1.29 is 9.90 Å². The maximum atomic E-state index is 11.3. The number of fused-ring (bicyclic) bond motifs is 1. The molecular weight excluding hydrogens is 438 g/mol. The number of piperidine rings is 1. The molecule has 0 bridgehead atoms. The Labute approximate surface area is 179 Å². The van der Waals surface area contributed by atoms with Crippen molar-refractivity contribution in [3.8, 4) is 5.75 Å². The first-order valence-electron chi connectivity index (χ1n) is 10.1. The van der Waals surface area contributed by atoms with Gasteiger partial charge < -0.3 is 15.4 Å². The maximum absolute atomic E-state index is 11.3. The number of aromatic amines is 1. The van der Waals surface area contributed by atoms with Crippen LogP contribution in [0.2, 0.25) is 0 Å². The fourth-order valence-electron chi connectivity index (χ4n) is 4.18. The van der Waals surface area contributed by atoms with Crippen LogP contribution in [0, 0.1) is 5.92 Å². The van der Waals surface area contributed by atoms with E-state index in [4.69, 9.17) is 0 Å². The van der Waals surface area contributed by atoms with Crippen molar-refractivity contribution in [3.63, 3.8) is 0 Å². The number of aryl methyl sites for hydroxylation is 1. The smallest absolute Gasteiger partial charge is 0.230 e. The molecule has 1 amide bonds. The Hall–Kier alpha value is -1.18. The largest absolute Gasteiger partial charge is 0.508 e. The van der Waals surface area contributed by atoms with Gasteiger partial charge in [-0.05, 0) is 56.8 Å². The Bertz CT molecular complexity index is 816. The molecule has 5 nitrogen and oxygen atoms in total. The molecule has 0 atom stereocenters. The Morgan fingerprint density at radius 3 is 2.75 bits per heavy atom. The van der Waals surface area contributed by atoms with Gasteiger partial charge in [-0.3, -0.25) is 9.69 Å². The predicted molar refractivity (Wildman–Crippen MR) is 122 cm³/mol. The first kappa shape index (κ1) is 21.5. The molecule has 0 spiro atoms. The number of phenols is 1. The fraction of sp³-hybridized carbons (Fsp3) is 0.571. The lowest BCUT2D eigenvalue weighted by Crippen LogP contribution is -2.35. The number of rotatable bonds is 8. The van der Waals surface area contributed by atoms with Crippen LogP contribution in [0.25, 0.3) is 10.9 Å². The number of amides is 1. The van der Waals surface area contributed by atoms with Crippen molar-refractivity contribution in [1.29, 1.82) is 0 Å². The molecule has 2 heterocycles. The van der Waals surface area contributed by atoms with Crippen LogP contribution < -0.4 is 5.32 Å². The van der Waals surface area contributed by atoms with E-state index in [1.54, 1.807) is 0 Å². The first-order valence-corrected chi connectivity index (χ1v) is 12.5. The third-order valence-electron chi connectivity index (χ3n) is 5.80. The minimum absolute atomic E-state index is 0.0595. The number of halogens is 1. The quantitative estimate of drug-likeness (QED) is 0.316.